The largest absolute Gasteiger partial charge is 0.349 e. The number of alkyl halides is 2. The van der Waals surface area contributed by atoms with E-state index in [0.29, 0.717) is 51.0 Å². The molecule has 1 saturated heterocycles. The summed E-state index contributed by atoms with van der Waals surface area (Å²) in [6.45, 7) is 5.95. The predicted octanol–water partition coefficient (Wildman–Crippen LogP) is 4.76. The maximum absolute atomic E-state index is 16.0. The highest BCUT2D eigenvalue weighted by Gasteiger charge is 2.45. The zero-order valence-electron chi connectivity index (χ0n) is 29.9. The molecule has 2 aromatic carbocycles. The fourth-order valence-corrected chi connectivity index (χ4v) is 7.06. The summed E-state index contributed by atoms with van der Waals surface area (Å²) in [5.41, 5.74) is -1.59. The van der Waals surface area contributed by atoms with Crippen molar-refractivity contribution >= 4 is 29.4 Å². The van der Waals surface area contributed by atoms with Crippen LogP contribution in [0.3, 0.4) is 0 Å². The minimum Gasteiger partial charge on any atom is -0.338 e. The second-order valence-electron chi connectivity index (χ2n) is 14.5. The Morgan fingerprint density at radius 2 is 1.63 bits per heavy atom. The number of nitriles is 1. The first-order valence-corrected chi connectivity index (χ1v) is 18.1. The average molecular weight is 724 g/mol. The Balaban J connectivity index is 1.38. The lowest BCUT2D eigenvalue weighted by molar-refractivity contribution is -0.149. The molecule has 11 nitrogen and oxygen atoms in total. The number of anilines is 1. The third-order valence-electron chi connectivity index (χ3n) is 10.8. The molecule has 0 aromatic heterocycles. The van der Waals surface area contributed by atoms with Crippen LogP contribution in [-0.2, 0) is 25.7 Å². The van der Waals surface area contributed by atoms with Gasteiger partial charge in [-0.25, -0.2) is 9.18 Å². The molecule has 2 saturated carbocycles. The number of halogens is 3. The number of benzene rings is 2. The standard InChI is InChI=1S/C38H48F3N7O4/c1-4-37(2,32(46-36(52)43-28-14-15-28)34(50)48-19-17-47(3)18-20-48)26-13-16-30(29(39)22-26)44-33(49)31(25-10-6-5-7-11-25)45-35(51)38(40,41)27-12-8-9-24(21-27)23-42/h8-9,12-13,16,21-22,25,28,31-32H,4-7,10-11,14-15,17-20H2,1-3H3,(H,44,49)(H,45,51)(H2,43,46,52)/t31-,32-,37?/m0/s1. The molecule has 1 heterocycles. The number of piperazine rings is 1. The maximum atomic E-state index is 16.0. The van der Waals surface area contributed by atoms with Crippen LogP contribution < -0.4 is 21.3 Å². The zero-order chi connectivity index (χ0) is 37.6. The molecule has 3 fully saturated rings. The number of carbonyl (C=O) groups is 4. The summed E-state index contributed by atoms with van der Waals surface area (Å²) in [5, 5.41) is 19.7. The molecule has 5 rings (SSSR count). The van der Waals surface area contributed by atoms with Gasteiger partial charge in [-0.05, 0) is 74.9 Å². The van der Waals surface area contributed by atoms with Gasteiger partial charge in [0.1, 0.15) is 17.9 Å². The second-order valence-corrected chi connectivity index (χ2v) is 14.5. The minimum absolute atomic E-state index is 0.0445. The van der Waals surface area contributed by atoms with Crippen LogP contribution in [0.25, 0.3) is 0 Å². The summed E-state index contributed by atoms with van der Waals surface area (Å²) in [5.74, 6) is -8.14. The van der Waals surface area contributed by atoms with E-state index in [1.807, 2.05) is 14.0 Å². The van der Waals surface area contributed by atoms with Gasteiger partial charge in [-0.1, -0.05) is 51.3 Å². The number of likely N-dealkylation sites (N-methyl/N-ethyl adjacent to an activating group) is 1. The molecule has 1 aliphatic heterocycles. The molecular formula is C38H48F3N7O4. The molecule has 0 spiro atoms. The highest BCUT2D eigenvalue weighted by atomic mass is 19.3. The van der Waals surface area contributed by atoms with E-state index in [4.69, 9.17) is 5.26 Å². The number of rotatable bonds is 12. The molecule has 2 aliphatic carbocycles. The van der Waals surface area contributed by atoms with Gasteiger partial charge in [-0.2, -0.15) is 14.0 Å². The highest BCUT2D eigenvalue weighted by molar-refractivity contribution is 5.98. The Morgan fingerprint density at radius 1 is 0.942 bits per heavy atom. The van der Waals surface area contributed by atoms with Crippen molar-refractivity contribution in [1.82, 2.24) is 25.8 Å². The molecule has 1 unspecified atom stereocenters. The van der Waals surface area contributed by atoms with Crippen LogP contribution in [0.2, 0.25) is 0 Å². The molecule has 52 heavy (non-hydrogen) atoms. The quantitative estimate of drug-likeness (QED) is 0.249. The molecule has 3 atom stereocenters. The van der Waals surface area contributed by atoms with E-state index in [0.717, 1.165) is 44.2 Å². The van der Waals surface area contributed by atoms with Crippen molar-refractivity contribution in [2.24, 2.45) is 5.92 Å². The normalized spacial score (nSPS) is 19.4. The Morgan fingerprint density at radius 3 is 2.25 bits per heavy atom. The topological polar surface area (TPSA) is 147 Å². The fraction of sp³-hybridized carbons (Fsp3) is 0.553. The van der Waals surface area contributed by atoms with E-state index >= 15 is 13.2 Å². The van der Waals surface area contributed by atoms with Crippen molar-refractivity contribution in [2.75, 3.05) is 38.5 Å². The van der Waals surface area contributed by atoms with Gasteiger partial charge in [-0.15, -0.1) is 0 Å². The van der Waals surface area contributed by atoms with E-state index in [2.05, 4.69) is 26.2 Å². The summed E-state index contributed by atoms with van der Waals surface area (Å²) in [7, 11) is 1.97. The van der Waals surface area contributed by atoms with Crippen LogP contribution >= 0.6 is 0 Å². The van der Waals surface area contributed by atoms with Gasteiger partial charge in [0.25, 0.3) is 5.91 Å². The smallest absolute Gasteiger partial charge is 0.338 e. The van der Waals surface area contributed by atoms with E-state index in [-0.39, 0.29) is 23.2 Å². The van der Waals surface area contributed by atoms with Crippen LogP contribution in [0, 0.1) is 23.1 Å². The lowest BCUT2D eigenvalue weighted by atomic mass is 9.73. The number of nitrogens with one attached hydrogen (secondary N) is 4. The summed E-state index contributed by atoms with van der Waals surface area (Å²) >= 11 is 0. The molecule has 0 radical (unpaired) electrons. The van der Waals surface area contributed by atoms with E-state index in [9.17, 15) is 19.2 Å². The molecule has 4 N–H and O–H groups in total. The van der Waals surface area contributed by atoms with Crippen molar-refractivity contribution in [1.29, 1.82) is 5.26 Å². The van der Waals surface area contributed by atoms with Crippen LogP contribution in [0.1, 0.15) is 81.9 Å². The first-order valence-electron chi connectivity index (χ1n) is 18.1. The molecule has 3 aliphatic rings. The summed E-state index contributed by atoms with van der Waals surface area (Å²) in [6, 6.07) is 7.65. The Bertz CT molecular complexity index is 1680. The lowest BCUT2D eigenvalue weighted by Crippen LogP contribution is -2.62. The van der Waals surface area contributed by atoms with Crippen molar-refractivity contribution in [2.45, 2.75) is 94.7 Å². The summed E-state index contributed by atoms with van der Waals surface area (Å²) in [6.07, 6.45) is 5.47. The number of amides is 5. The number of carbonyl (C=O) groups excluding carboxylic acids is 4. The molecule has 2 aromatic rings. The fourth-order valence-electron chi connectivity index (χ4n) is 7.06. The number of hydrogen-bond donors (Lipinski definition) is 4. The van der Waals surface area contributed by atoms with Gasteiger partial charge < -0.3 is 31.1 Å². The zero-order valence-corrected chi connectivity index (χ0v) is 29.9. The minimum atomic E-state index is -4.04. The average Bonchev–Trinajstić information content (AvgIpc) is 3.97. The third kappa shape index (κ3) is 8.86. The summed E-state index contributed by atoms with van der Waals surface area (Å²) < 4.78 is 46.7. The molecule has 280 valence electrons. The van der Waals surface area contributed by atoms with Crippen molar-refractivity contribution in [3.63, 3.8) is 0 Å². The van der Waals surface area contributed by atoms with Crippen LogP contribution in [0.15, 0.2) is 42.5 Å². The van der Waals surface area contributed by atoms with Gasteiger partial charge in [0, 0.05) is 43.2 Å². The van der Waals surface area contributed by atoms with Crippen LogP contribution in [-0.4, -0.2) is 84.9 Å². The molecular weight excluding hydrogens is 675 g/mol. The van der Waals surface area contributed by atoms with Gasteiger partial charge >= 0.3 is 12.0 Å². The predicted molar refractivity (Wildman–Crippen MR) is 189 cm³/mol. The van der Waals surface area contributed by atoms with E-state index in [1.54, 1.807) is 24.0 Å². The second kappa shape index (κ2) is 16.4. The highest BCUT2D eigenvalue weighted by Crippen LogP contribution is 2.36. The monoisotopic (exact) mass is 723 g/mol. The Labute approximate surface area is 302 Å². The number of nitrogens with zero attached hydrogens (tertiary/aromatic N) is 3. The van der Waals surface area contributed by atoms with Gasteiger partial charge in [0.2, 0.25) is 11.8 Å². The van der Waals surface area contributed by atoms with Gasteiger partial charge in [0.15, 0.2) is 0 Å². The molecule has 0 bridgehead atoms. The van der Waals surface area contributed by atoms with E-state index < -0.39 is 58.6 Å². The van der Waals surface area contributed by atoms with Crippen molar-refractivity contribution in [3.05, 3.63) is 65.0 Å². The third-order valence-corrected chi connectivity index (χ3v) is 10.8. The Kier molecular flexibility index (Phi) is 12.1. The van der Waals surface area contributed by atoms with Crippen molar-refractivity contribution < 1.29 is 32.3 Å². The number of urea groups is 1. The van der Waals surface area contributed by atoms with Crippen LogP contribution in [0.4, 0.5) is 23.7 Å². The van der Waals surface area contributed by atoms with Gasteiger partial charge in [-0.3, -0.25) is 14.4 Å². The SMILES string of the molecule is CCC(C)(c1ccc(NC(=O)[C@@H](NC(=O)C(F)(F)c2cccc(C#N)c2)C2CCCCC2)c(F)c1)[C@@H](NC(=O)NC1CC1)C(=O)N1CCN(C)CC1. The first-order chi connectivity index (χ1) is 24.8. The number of hydrogen-bond acceptors (Lipinski definition) is 6. The van der Waals surface area contributed by atoms with E-state index in [1.165, 1.54) is 24.3 Å². The molecule has 5 amide bonds. The van der Waals surface area contributed by atoms with Crippen LogP contribution in [0.5, 0.6) is 0 Å². The molecule has 14 heteroatoms. The Hall–Kier alpha value is -4.64. The van der Waals surface area contributed by atoms with Gasteiger partial charge in [0.05, 0.1) is 17.3 Å². The first kappa shape index (κ1) is 38.6. The summed E-state index contributed by atoms with van der Waals surface area (Å²) in [4.78, 5) is 57.6. The maximum Gasteiger partial charge on any atom is 0.349 e. The van der Waals surface area contributed by atoms with Crippen molar-refractivity contribution in [3.8, 4) is 6.07 Å². The lowest BCUT2D eigenvalue weighted by Gasteiger charge is -2.41.